The Bertz CT molecular complexity index is 1460. The quantitative estimate of drug-likeness (QED) is 0.326. The number of sulfone groups is 1. The molecule has 6 nitrogen and oxygen atoms in total. The summed E-state index contributed by atoms with van der Waals surface area (Å²) >= 11 is 0. The van der Waals surface area contributed by atoms with Crippen LogP contribution in [0.15, 0.2) is 58.3 Å². The van der Waals surface area contributed by atoms with Crippen molar-refractivity contribution in [1.82, 2.24) is 0 Å². The number of fused-ring (bicyclic) bond motifs is 2. The molecule has 0 bridgehead atoms. The Balaban J connectivity index is 1.66. The number of carbonyl (C=O) groups is 3. The molecule has 0 saturated heterocycles. The molecule has 7 heteroatoms. The van der Waals surface area contributed by atoms with Crippen molar-refractivity contribution in [2.75, 3.05) is 0 Å². The fraction of sp³-hybridized carbons (Fsp3) is 0.192. The molecule has 4 rings (SSSR count). The Morgan fingerprint density at radius 3 is 2.24 bits per heavy atom. The maximum Gasteiger partial charge on any atom is 0.338 e. The number of carbonyl (C=O) groups excluding carboxylic acids is 3. The molecule has 1 aliphatic rings. The van der Waals surface area contributed by atoms with Crippen LogP contribution in [-0.2, 0) is 21.2 Å². The summed E-state index contributed by atoms with van der Waals surface area (Å²) in [5.74, 6) is -1.19. The lowest BCUT2D eigenvalue weighted by atomic mass is 9.92. The predicted octanol–water partition coefficient (Wildman–Crippen LogP) is 4.55. The van der Waals surface area contributed by atoms with E-state index in [1.54, 1.807) is 12.1 Å². The second-order valence-electron chi connectivity index (χ2n) is 8.16. The number of esters is 1. The van der Waals surface area contributed by atoms with E-state index in [9.17, 15) is 22.8 Å². The number of Topliss-reactive ketones (excluding diaryl/α,β-unsaturated/α-hetero) is 1. The molecule has 3 aromatic carbocycles. The van der Waals surface area contributed by atoms with E-state index in [0.717, 1.165) is 22.3 Å². The van der Waals surface area contributed by atoms with Crippen molar-refractivity contribution >= 4 is 27.4 Å². The topological polar surface area (TPSA) is 94.6 Å². The molecule has 168 valence electrons. The van der Waals surface area contributed by atoms with E-state index in [1.807, 2.05) is 26.8 Å². The Kier molecular flexibility index (Phi) is 5.54. The number of hydrogen-bond donors (Lipinski definition) is 0. The van der Waals surface area contributed by atoms with Gasteiger partial charge in [0.05, 0.1) is 15.4 Å². The number of ether oxygens (including phenoxy) is 1. The van der Waals surface area contributed by atoms with Gasteiger partial charge in [-0.3, -0.25) is 9.59 Å². The van der Waals surface area contributed by atoms with E-state index in [4.69, 9.17) is 4.74 Å². The zero-order valence-electron chi connectivity index (χ0n) is 18.7. The summed E-state index contributed by atoms with van der Waals surface area (Å²) in [6, 6.07) is 11.8. The Labute approximate surface area is 192 Å². The van der Waals surface area contributed by atoms with Gasteiger partial charge in [-0.1, -0.05) is 18.2 Å². The van der Waals surface area contributed by atoms with Crippen LogP contribution in [0.25, 0.3) is 0 Å². The van der Waals surface area contributed by atoms with Crippen molar-refractivity contribution in [3.05, 3.63) is 93.0 Å². The smallest absolute Gasteiger partial charge is 0.338 e. The number of rotatable bonds is 4. The molecule has 0 unspecified atom stereocenters. The van der Waals surface area contributed by atoms with Crippen LogP contribution >= 0.6 is 0 Å². The zero-order chi connectivity index (χ0) is 24.1. The van der Waals surface area contributed by atoms with E-state index in [-0.39, 0.29) is 38.9 Å². The molecule has 0 aliphatic carbocycles. The molecular weight excluding hydrogens is 440 g/mol. The minimum atomic E-state index is -3.96. The highest BCUT2D eigenvalue weighted by atomic mass is 32.2. The van der Waals surface area contributed by atoms with Gasteiger partial charge in [-0.05, 0) is 80.3 Å². The monoisotopic (exact) mass is 462 g/mol. The highest BCUT2D eigenvalue weighted by molar-refractivity contribution is 7.91. The van der Waals surface area contributed by atoms with Gasteiger partial charge >= 0.3 is 5.97 Å². The fourth-order valence-electron chi connectivity index (χ4n) is 4.42. The Morgan fingerprint density at radius 1 is 0.879 bits per heavy atom. The lowest BCUT2D eigenvalue weighted by Crippen LogP contribution is -2.21. The molecule has 0 saturated carbocycles. The van der Waals surface area contributed by atoms with E-state index < -0.39 is 21.6 Å². The summed E-state index contributed by atoms with van der Waals surface area (Å²) in [7, 11) is -3.96. The van der Waals surface area contributed by atoms with Gasteiger partial charge in [-0.25, -0.2) is 13.2 Å². The van der Waals surface area contributed by atoms with E-state index in [2.05, 4.69) is 0 Å². The average molecular weight is 463 g/mol. The highest BCUT2D eigenvalue weighted by Gasteiger charge is 2.35. The molecule has 0 aromatic heterocycles. The SMILES string of the molecule is CC(=O)c1c(C)cc(C)c(COC(=O)c2ccc3c(c2)S(=O)(=O)c2ccccc2C3=O)c1C. The van der Waals surface area contributed by atoms with Crippen molar-refractivity contribution in [2.24, 2.45) is 0 Å². The van der Waals surface area contributed by atoms with E-state index >= 15 is 0 Å². The summed E-state index contributed by atoms with van der Waals surface area (Å²) in [6.07, 6.45) is 0. The summed E-state index contributed by atoms with van der Waals surface area (Å²) in [5, 5.41) is 0. The Morgan fingerprint density at radius 2 is 1.55 bits per heavy atom. The molecule has 1 aliphatic heterocycles. The average Bonchev–Trinajstić information content (AvgIpc) is 2.76. The molecule has 1 heterocycles. The molecule has 0 fully saturated rings. The molecule has 0 radical (unpaired) electrons. The predicted molar refractivity (Wildman–Crippen MR) is 122 cm³/mol. The molecule has 0 amide bonds. The van der Waals surface area contributed by atoms with Crippen LogP contribution in [0.5, 0.6) is 0 Å². The number of benzene rings is 3. The molecule has 33 heavy (non-hydrogen) atoms. The summed E-state index contributed by atoms with van der Waals surface area (Å²) in [4.78, 5) is 37.3. The van der Waals surface area contributed by atoms with Crippen LogP contribution in [0.1, 0.15) is 65.8 Å². The minimum Gasteiger partial charge on any atom is -0.457 e. The van der Waals surface area contributed by atoms with E-state index in [0.29, 0.717) is 5.56 Å². The second-order valence-corrected chi connectivity index (χ2v) is 10.0. The van der Waals surface area contributed by atoms with Crippen LogP contribution in [0.2, 0.25) is 0 Å². The van der Waals surface area contributed by atoms with Gasteiger partial charge in [0.15, 0.2) is 11.6 Å². The molecule has 0 N–H and O–H groups in total. The van der Waals surface area contributed by atoms with Gasteiger partial charge in [-0.15, -0.1) is 0 Å². The standard InChI is InChI=1S/C26H22O6S/c1-14-11-15(2)24(17(4)27)16(3)21(14)13-32-26(29)18-9-10-20-23(12-18)33(30,31)22-8-6-5-7-19(22)25(20)28/h5-12H,13H2,1-4H3. The third kappa shape index (κ3) is 3.68. The highest BCUT2D eigenvalue weighted by Crippen LogP contribution is 2.35. The second kappa shape index (κ2) is 8.08. The lowest BCUT2D eigenvalue weighted by Gasteiger charge is -2.19. The summed E-state index contributed by atoms with van der Waals surface area (Å²) in [6.45, 7) is 6.98. The molecular formula is C26H22O6S. The first-order valence-corrected chi connectivity index (χ1v) is 11.8. The van der Waals surface area contributed by atoms with Crippen LogP contribution < -0.4 is 0 Å². The van der Waals surface area contributed by atoms with Crippen molar-refractivity contribution in [1.29, 1.82) is 0 Å². The van der Waals surface area contributed by atoms with Crippen molar-refractivity contribution < 1.29 is 27.5 Å². The number of ketones is 2. The number of aryl methyl sites for hydroxylation is 2. The fourth-order valence-corrected chi connectivity index (χ4v) is 6.10. The molecule has 0 atom stereocenters. The maximum absolute atomic E-state index is 13.1. The zero-order valence-corrected chi connectivity index (χ0v) is 19.5. The minimum absolute atomic E-state index is 0.0266. The van der Waals surface area contributed by atoms with Crippen molar-refractivity contribution in [3.63, 3.8) is 0 Å². The maximum atomic E-state index is 13.1. The van der Waals surface area contributed by atoms with Gasteiger partial charge in [0.1, 0.15) is 6.61 Å². The van der Waals surface area contributed by atoms with Gasteiger partial charge in [0.25, 0.3) is 0 Å². The van der Waals surface area contributed by atoms with Crippen LogP contribution in [0.3, 0.4) is 0 Å². The van der Waals surface area contributed by atoms with Crippen LogP contribution in [0.4, 0.5) is 0 Å². The van der Waals surface area contributed by atoms with Gasteiger partial charge in [-0.2, -0.15) is 0 Å². The first-order valence-electron chi connectivity index (χ1n) is 10.3. The number of hydrogen-bond acceptors (Lipinski definition) is 6. The first kappa shape index (κ1) is 22.6. The lowest BCUT2D eigenvalue weighted by molar-refractivity contribution is 0.0471. The molecule has 0 spiro atoms. The summed E-state index contributed by atoms with van der Waals surface area (Å²) in [5.41, 5.74) is 4.00. The first-order chi connectivity index (χ1) is 15.5. The van der Waals surface area contributed by atoms with Crippen molar-refractivity contribution in [2.45, 2.75) is 44.1 Å². The van der Waals surface area contributed by atoms with Gasteiger partial charge in [0.2, 0.25) is 9.84 Å². The normalized spacial score (nSPS) is 13.8. The van der Waals surface area contributed by atoms with Crippen LogP contribution in [0, 0.1) is 20.8 Å². The summed E-state index contributed by atoms with van der Waals surface area (Å²) < 4.78 is 31.6. The largest absolute Gasteiger partial charge is 0.457 e. The van der Waals surface area contributed by atoms with Gasteiger partial charge in [0, 0.05) is 16.7 Å². The molecule has 3 aromatic rings. The van der Waals surface area contributed by atoms with Crippen molar-refractivity contribution in [3.8, 4) is 0 Å². The third-order valence-corrected chi connectivity index (χ3v) is 7.86. The third-order valence-electron chi connectivity index (χ3n) is 6.00. The van der Waals surface area contributed by atoms with Gasteiger partial charge < -0.3 is 4.74 Å². The van der Waals surface area contributed by atoms with E-state index in [1.165, 1.54) is 37.3 Å². The Hall–Kier alpha value is -3.58. The van der Waals surface area contributed by atoms with Crippen LogP contribution in [-0.4, -0.2) is 26.0 Å².